The third kappa shape index (κ3) is 4.75. The highest BCUT2D eigenvalue weighted by Gasteiger charge is 2.18. The summed E-state index contributed by atoms with van der Waals surface area (Å²) in [5, 5.41) is 17.8. The molecule has 0 aliphatic carbocycles. The Hall–Kier alpha value is -2.19. The highest BCUT2D eigenvalue weighted by molar-refractivity contribution is 7.21. The number of rotatable bonds is 5. The molecule has 0 bridgehead atoms. The van der Waals surface area contributed by atoms with Crippen molar-refractivity contribution < 1.29 is 14.7 Å². The fourth-order valence-electron chi connectivity index (χ4n) is 2.38. The molecule has 140 valence electrons. The largest absolute Gasteiger partial charge is 0.386 e. The summed E-state index contributed by atoms with van der Waals surface area (Å²) < 4.78 is 0. The Bertz CT molecular complexity index is 954. The van der Waals surface area contributed by atoms with Crippen LogP contribution in [0.25, 0.3) is 9.75 Å². The van der Waals surface area contributed by atoms with Gasteiger partial charge in [-0.3, -0.25) is 9.59 Å². The maximum Gasteiger partial charge on any atom is 0.313 e. The number of hydrogen-bond donors (Lipinski definition) is 3. The van der Waals surface area contributed by atoms with E-state index in [-0.39, 0.29) is 6.54 Å². The van der Waals surface area contributed by atoms with E-state index in [2.05, 4.69) is 10.6 Å². The van der Waals surface area contributed by atoms with Crippen LogP contribution in [0.4, 0.5) is 5.69 Å². The average molecular weight is 421 g/mol. The highest BCUT2D eigenvalue weighted by Crippen LogP contribution is 2.33. The van der Waals surface area contributed by atoms with Gasteiger partial charge in [0, 0.05) is 31.9 Å². The Morgan fingerprint density at radius 1 is 1.11 bits per heavy atom. The van der Waals surface area contributed by atoms with Gasteiger partial charge >= 0.3 is 11.8 Å². The normalized spacial score (nSPS) is 11.8. The number of carbonyl (C=O) groups is 2. The molecule has 1 atom stereocenters. The average Bonchev–Trinajstić information content (AvgIpc) is 3.34. The number of hydrogen-bond acceptors (Lipinski definition) is 5. The van der Waals surface area contributed by atoms with Crippen molar-refractivity contribution >= 4 is 51.8 Å². The van der Waals surface area contributed by atoms with Crippen molar-refractivity contribution in [3.8, 4) is 9.75 Å². The van der Waals surface area contributed by atoms with Crippen molar-refractivity contribution in [3.05, 3.63) is 63.3 Å². The number of thiophene rings is 2. The second-order valence-corrected chi connectivity index (χ2v) is 8.24. The van der Waals surface area contributed by atoms with Crippen LogP contribution in [-0.2, 0) is 9.59 Å². The van der Waals surface area contributed by atoms with Gasteiger partial charge in [0.25, 0.3) is 0 Å². The summed E-state index contributed by atoms with van der Waals surface area (Å²) in [6, 6.07) is 12.8. The van der Waals surface area contributed by atoms with Gasteiger partial charge < -0.3 is 15.7 Å². The molecule has 2 amide bonds. The predicted octanol–water partition coefficient (Wildman–Crippen LogP) is 4.23. The van der Waals surface area contributed by atoms with E-state index in [1.807, 2.05) is 29.6 Å². The molecular weight excluding hydrogens is 404 g/mol. The smallest absolute Gasteiger partial charge is 0.313 e. The van der Waals surface area contributed by atoms with E-state index in [4.69, 9.17) is 11.6 Å². The zero-order chi connectivity index (χ0) is 19.4. The molecule has 2 heterocycles. The van der Waals surface area contributed by atoms with Crippen molar-refractivity contribution in [2.45, 2.75) is 13.0 Å². The van der Waals surface area contributed by atoms with Crippen LogP contribution in [0.2, 0.25) is 5.02 Å². The van der Waals surface area contributed by atoms with Crippen molar-refractivity contribution in [2.75, 3.05) is 11.9 Å². The van der Waals surface area contributed by atoms with Gasteiger partial charge in [-0.15, -0.1) is 22.7 Å². The van der Waals surface area contributed by atoms with Gasteiger partial charge in [-0.2, -0.15) is 0 Å². The molecule has 27 heavy (non-hydrogen) atoms. The summed E-state index contributed by atoms with van der Waals surface area (Å²) in [6.45, 7) is 1.70. The summed E-state index contributed by atoms with van der Waals surface area (Å²) in [7, 11) is 0. The van der Waals surface area contributed by atoms with Gasteiger partial charge in [-0.25, -0.2) is 0 Å². The van der Waals surface area contributed by atoms with Crippen LogP contribution in [0.15, 0.2) is 47.8 Å². The van der Waals surface area contributed by atoms with Crippen molar-refractivity contribution in [2.24, 2.45) is 0 Å². The molecule has 1 unspecified atom stereocenters. The second-order valence-electron chi connectivity index (χ2n) is 5.77. The van der Waals surface area contributed by atoms with Gasteiger partial charge in [-0.1, -0.05) is 23.7 Å². The fraction of sp³-hybridized carbons (Fsp3) is 0.158. The molecule has 3 aromatic rings. The lowest BCUT2D eigenvalue weighted by Crippen LogP contribution is -2.37. The first kappa shape index (κ1) is 19.6. The molecule has 1 aromatic carbocycles. The summed E-state index contributed by atoms with van der Waals surface area (Å²) in [6.07, 6.45) is -0.881. The van der Waals surface area contributed by atoms with Crippen LogP contribution < -0.4 is 10.6 Å². The molecule has 2 aromatic heterocycles. The Balaban J connectivity index is 1.55. The molecule has 0 spiro atoms. The minimum Gasteiger partial charge on any atom is -0.386 e. The monoisotopic (exact) mass is 420 g/mol. The number of amides is 2. The molecular formula is C19H17ClN2O3S2. The molecule has 0 saturated heterocycles. The zero-order valence-corrected chi connectivity index (χ0v) is 16.8. The van der Waals surface area contributed by atoms with Gasteiger partial charge in [0.15, 0.2) is 0 Å². The molecule has 0 aliphatic heterocycles. The summed E-state index contributed by atoms with van der Waals surface area (Å²) >= 11 is 9.09. The van der Waals surface area contributed by atoms with Crippen molar-refractivity contribution in [1.29, 1.82) is 0 Å². The lowest BCUT2D eigenvalue weighted by molar-refractivity contribution is -0.136. The first-order chi connectivity index (χ1) is 13.0. The van der Waals surface area contributed by atoms with Crippen LogP contribution in [0.1, 0.15) is 16.5 Å². The van der Waals surface area contributed by atoms with Crippen LogP contribution >= 0.6 is 34.3 Å². The van der Waals surface area contributed by atoms with Gasteiger partial charge in [0.1, 0.15) is 6.10 Å². The number of aliphatic hydroxyl groups excluding tert-OH is 1. The van der Waals surface area contributed by atoms with Gasteiger partial charge in [0.2, 0.25) is 0 Å². The molecule has 8 heteroatoms. The Kier molecular flexibility index (Phi) is 6.28. The molecule has 5 nitrogen and oxygen atoms in total. The van der Waals surface area contributed by atoms with Gasteiger partial charge in [-0.05, 0) is 48.2 Å². The Morgan fingerprint density at radius 3 is 2.67 bits per heavy atom. The molecule has 0 saturated carbocycles. The maximum absolute atomic E-state index is 12.0. The third-order valence-electron chi connectivity index (χ3n) is 3.90. The van der Waals surface area contributed by atoms with Crippen LogP contribution in [0, 0.1) is 6.92 Å². The van der Waals surface area contributed by atoms with E-state index in [9.17, 15) is 14.7 Å². The Morgan fingerprint density at radius 2 is 1.93 bits per heavy atom. The number of anilines is 1. The van der Waals surface area contributed by atoms with Crippen molar-refractivity contribution in [1.82, 2.24) is 5.32 Å². The van der Waals surface area contributed by atoms with E-state index < -0.39 is 17.9 Å². The molecule has 3 N–H and O–H groups in total. The van der Waals surface area contributed by atoms with Gasteiger partial charge in [0.05, 0.1) is 0 Å². The third-order valence-corrected chi connectivity index (χ3v) is 6.56. The highest BCUT2D eigenvalue weighted by atomic mass is 35.5. The second kappa shape index (κ2) is 8.67. The molecule has 0 radical (unpaired) electrons. The van der Waals surface area contributed by atoms with E-state index in [1.165, 1.54) is 11.3 Å². The summed E-state index contributed by atoms with van der Waals surface area (Å²) in [5.41, 5.74) is 1.15. The molecule has 0 fully saturated rings. The van der Waals surface area contributed by atoms with E-state index in [1.54, 1.807) is 36.5 Å². The standard InChI is InChI=1S/C19H17ClN2O3S2/c1-11-12(20)4-2-5-13(11)22-19(25)18(24)21-10-14(23)15-7-8-17(27-15)16-6-3-9-26-16/h2-9,14,23H,10H2,1H3,(H,21,24)(H,22,25). The predicted molar refractivity (Wildman–Crippen MR) is 110 cm³/mol. The molecule has 0 aliphatic rings. The van der Waals surface area contributed by atoms with E-state index >= 15 is 0 Å². The van der Waals surface area contributed by atoms with E-state index in [0.717, 1.165) is 14.6 Å². The lowest BCUT2D eigenvalue weighted by Gasteiger charge is -2.12. The summed E-state index contributed by atoms with van der Waals surface area (Å²) in [5.74, 6) is -1.62. The summed E-state index contributed by atoms with van der Waals surface area (Å²) in [4.78, 5) is 27.0. The number of benzene rings is 1. The number of carbonyl (C=O) groups excluding carboxylic acids is 2. The zero-order valence-electron chi connectivity index (χ0n) is 14.4. The first-order valence-electron chi connectivity index (χ1n) is 8.11. The van der Waals surface area contributed by atoms with Crippen molar-refractivity contribution in [3.63, 3.8) is 0 Å². The van der Waals surface area contributed by atoms with Crippen LogP contribution in [-0.4, -0.2) is 23.5 Å². The number of halogens is 1. The number of aliphatic hydroxyl groups is 1. The SMILES string of the molecule is Cc1c(Cl)cccc1NC(=O)C(=O)NCC(O)c1ccc(-c2cccs2)s1. The topological polar surface area (TPSA) is 78.4 Å². The maximum atomic E-state index is 12.0. The first-order valence-corrected chi connectivity index (χ1v) is 10.2. The number of nitrogens with one attached hydrogen (secondary N) is 2. The van der Waals surface area contributed by atoms with Crippen LogP contribution in [0.3, 0.4) is 0 Å². The fourth-order valence-corrected chi connectivity index (χ4v) is 4.38. The quantitative estimate of drug-likeness (QED) is 0.540. The van der Waals surface area contributed by atoms with E-state index in [0.29, 0.717) is 16.3 Å². The molecule has 3 rings (SSSR count). The minimum absolute atomic E-state index is 0.0504. The Labute approximate surface area is 169 Å². The van der Waals surface area contributed by atoms with Crippen LogP contribution in [0.5, 0.6) is 0 Å². The lowest BCUT2D eigenvalue weighted by atomic mass is 10.2. The minimum atomic E-state index is -0.881.